The number of hydrogen-bond donors (Lipinski definition) is 1. The molecule has 0 aromatic heterocycles. The summed E-state index contributed by atoms with van der Waals surface area (Å²) in [6, 6.07) is 13.0. The number of methoxy groups -OCH3 is 1. The Morgan fingerprint density at radius 2 is 1.75 bits per heavy atom. The van der Waals surface area contributed by atoms with E-state index >= 15 is 0 Å². The van der Waals surface area contributed by atoms with E-state index in [0.29, 0.717) is 12.4 Å². The fourth-order valence-electron chi connectivity index (χ4n) is 1.97. The summed E-state index contributed by atoms with van der Waals surface area (Å²) in [5, 5.41) is 2.80. The van der Waals surface area contributed by atoms with Gasteiger partial charge in [-0.2, -0.15) is 0 Å². The number of carbonyl (C=O) groups is 1. The first-order valence-electron chi connectivity index (χ1n) is 7.58. The molecule has 5 heteroatoms. The van der Waals surface area contributed by atoms with Crippen molar-refractivity contribution in [2.45, 2.75) is 13.0 Å². The molecule has 0 aliphatic carbocycles. The van der Waals surface area contributed by atoms with Gasteiger partial charge in [0.05, 0.1) is 13.2 Å². The SMILES string of the molecule is COc1ccc(OC[C@H](C)NC(=O)/C=C/c2ccc(F)cc2)cc1. The summed E-state index contributed by atoms with van der Waals surface area (Å²) in [5.41, 5.74) is 0.758. The van der Waals surface area contributed by atoms with E-state index in [4.69, 9.17) is 9.47 Å². The fraction of sp³-hybridized carbons (Fsp3) is 0.211. The Bertz CT molecular complexity index is 681. The maximum Gasteiger partial charge on any atom is 0.244 e. The zero-order chi connectivity index (χ0) is 17.4. The highest BCUT2D eigenvalue weighted by atomic mass is 19.1. The summed E-state index contributed by atoms with van der Waals surface area (Å²) < 4.78 is 23.5. The average Bonchev–Trinajstić information content (AvgIpc) is 2.60. The average molecular weight is 329 g/mol. The molecule has 0 aliphatic heterocycles. The minimum absolute atomic E-state index is 0.155. The van der Waals surface area contributed by atoms with Crippen LogP contribution in [0.5, 0.6) is 11.5 Å². The number of ether oxygens (including phenoxy) is 2. The van der Waals surface area contributed by atoms with Crippen LogP contribution in [0.25, 0.3) is 6.08 Å². The third-order valence-corrected chi connectivity index (χ3v) is 3.25. The molecule has 0 radical (unpaired) electrons. The van der Waals surface area contributed by atoms with E-state index in [1.165, 1.54) is 18.2 Å². The molecule has 2 rings (SSSR count). The van der Waals surface area contributed by atoms with E-state index in [0.717, 1.165) is 11.3 Å². The smallest absolute Gasteiger partial charge is 0.244 e. The van der Waals surface area contributed by atoms with Crippen LogP contribution >= 0.6 is 0 Å². The van der Waals surface area contributed by atoms with E-state index in [1.54, 1.807) is 25.3 Å². The Labute approximate surface area is 140 Å². The van der Waals surface area contributed by atoms with Crippen LogP contribution in [0.3, 0.4) is 0 Å². The van der Waals surface area contributed by atoms with Gasteiger partial charge < -0.3 is 14.8 Å². The van der Waals surface area contributed by atoms with E-state index < -0.39 is 0 Å². The number of rotatable bonds is 7. The van der Waals surface area contributed by atoms with Gasteiger partial charge in [-0.1, -0.05) is 12.1 Å². The van der Waals surface area contributed by atoms with Crippen molar-refractivity contribution in [1.29, 1.82) is 0 Å². The van der Waals surface area contributed by atoms with Crippen LogP contribution in [0, 0.1) is 5.82 Å². The number of hydrogen-bond acceptors (Lipinski definition) is 3. The Morgan fingerprint density at radius 3 is 2.38 bits per heavy atom. The maximum atomic E-state index is 12.8. The molecule has 0 spiro atoms. The molecule has 0 heterocycles. The van der Waals surface area contributed by atoms with Gasteiger partial charge in [-0.15, -0.1) is 0 Å². The molecule has 2 aromatic rings. The molecule has 0 bridgehead atoms. The summed E-state index contributed by atoms with van der Waals surface area (Å²) in [5.74, 6) is 0.930. The standard InChI is InChI=1S/C19H20FNO3/c1-14(13-24-18-10-8-17(23-2)9-11-18)21-19(22)12-5-15-3-6-16(20)7-4-15/h3-12,14H,13H2,1-2H3,(H,21,22)/b12-5+/t14-/m0/s1. The van der Waals surface area contributed by atoms with E-state index in [9.17, 15) is 9.18 Å². The third kappa shape index (κ3) is 5.76. The minimum Gasteiger partial charge on any atom is -0.497 e. The second kappa shape index (κ2) is 8.72. The van der Waals surface area contributed by atoms with Crippen molar-refractivity contribution < 1.29 is 18.7 Å². The van der Waals surface area contributed by atoms with Crippen molar-refractivity contribution >= 4 is 12.0 Å². The second-order valence-electron chi connectivity index (χ2n) is 5.28. The van der Waals surface area contributed by atoms with Crippen molar-refractivity contribution in [2.24, 2.45) is 0 Å². The molecule has 24 heavy (non-hydrogen) atoms. The van der Waals surface area contributed by atoms with Crippen LogP contribution in [0.15, 0.2) is 54.6 Å². The van der Waals surface area contributed by atoms with Gasteiger partial charge >= 0.3 is 0 Å². The van der Waals surface area contributed by atoms with Gasteiger partial charge in [0, 0.05) is 6.08 Å². The summed E-state index contributed by atoms with van der Waals surface area (Å²) >= 11 is 0. The number of amides is 1. The van der Waals surface area contributed by atoms with Gasteiger partial charge in [-0.05, 0) is 55.0 Å². The zero-order valence-electron chi connectivity index (χ0n) is 13.7. The molecule has 126 valence electrons. The summed E-state index contributed by atoms with van der Waals surface area (Å²) in [4.78, 5) is 11.8. The molecule has 0 unspecified atom stereocenters. The largest absolute Gasteiger partial charge is 0.497 e. The Morgan fingerprint density at radius 1 is 1.12 bits per heavy atom. The predicted octanol–water partition coefficient (Wildman–Crippen LogP) is 3.43. The highest BCUT2D eigenvalue weighted by molar-refractivity contribution is 5.91. The Balaban J connectivity index is 1.77. The van der Waals surface area contributed by atoms with Crippen molar-refractivity contribution in [2.75, 3.05) is 13.7 Å². The molecule has 4 nitrogen and oxygen atoms in total. The lowest BCUT2D eigenvalue weighted by molar-refractivity contribution is -0.117. The molecular formula is C19H20FNO3. The van der Waals surface area contributed by atoms with E-state index in [1.807, 2.05) is 31.2 Å². The minimum atomic E-state index is -0.305. The fourth-order valence-corrected chi connectivity index (χ4v) is 1.97. The van der Waals surface area contributed by atoms with Gasteiger partial charge in [0.2, 0.25) is 5.91 Å². The normalized spacial score (nSPS) is 12.0. The topological polar surface area (TPSA) is 47.6 Å². The van der Waals surface area contributed by atoms with E-state index in [-0.39, 0.29) is 17.8 Å². The zero-order valence-corrected chi connectivity index (χ0v) is 13.7. The first kappa shape index (κ1) is 17.5. The van der Waals surface area contributed by atoms with Crippen LogP contribution in [-0.4, -0.2) is 25.7 Å². The molecule has 0 aliphatic rings. The van der Waals surface area contributed by atoms with Crippen molar-refractivity contribution in [3.05, 3.63) is 66.0 Å². The van der Waals surface area contributed by atoms with Crippen LogP contribution in [0.1, 0.15) is 12.5 Å². The monoisotopic (exact) mass is 329 g/mol. The van der Waals surface area contributed by atoms with E-state index in [2.05, 4.69) is 5.32 Å². The van der Waals surface area contributed by atoms with Gasteiger partial charge in [0.25, 0.3) is 0 Å². The molecule has 1 atom stereocenters. The Hall–Kier alpha value is -2.82. The number of carbonyl (C=O) groups excluding carboxylic acids is 1. The molecule has 0 saturated heterocycles. The highest BCUT2D eigenvalue weighted by Crippen LogP contribution is 2.17. The Kier molecular flexibility index (Phi) is 6.37. The summed E-state index contributed by atoms with van der Waals surface area (Å²) in [6.45, 7) is 2.20. The van der Waals surface area contributed by atoms with Gasteiger partial charge in [-0.25, -0.2) is 4.39 Å². The van der Waals surface area contributed by atoms with Crippen molar-refractivity contribution in [1.82, 2.24) is 5.32 Å². The van der Waals surface area contributed by atoms with Crippen molar-refractivity contribution in [3.63, 3.8) is 0 Å². The predicted molar refractivity (Wildman–Crippen MR) is 91.5 cm³/mol. The van der Waals surface area contributed by atoms with Crippen molar-refractivity contribution in [3.8, 4) is 11.5 Å². The van der Waals surface area contributed by atoms with Gasteiger partial charge in [0.1, 0.15) is 23.9 Å². The van der Waals surface area contributed by atoms with Crippen LogP contribution in [0.2, 0.25) is 0 Å². The van der Waals surface area contributed by atoms with Crippen LogP contribution in [0.4, 0.5) is 4.39 Å². The third-order valence-electron chi connectivity index (χ3n) is 3.25. The maximum absolute atomic E-state index is 12.8. The lowest BCUT2D eigenvalue weighted by Crippen LogP contribution is -2.35. The second-order valence-corrected chi connectivity index (χ2v) is 5.28. The highest BCUT2D eigenvalue weighted by Gasteiger charge is 2.06. The van der Waals surface area contributed by atoms with Gasteiger partial charge in [-0.3, -0.25) is 4.79 Å². The van der Waals surface area contributed by atoms with Crippen LogP contribution < -0.4 is 14.8 Å². The molecule has 0 saturated carbocycles. The molecule has 1 amide bonds. The number of nitrogens with one attached hydrogen (secondary N) is 1. The first-order chi connectivity index (χ1) is 11.6. The summed E-state index contributed by atoms with van der Waals surface area (Å²) in [6.07, 6.45) is 3.04. The quantitative estimate of drug-likeness (QED) is 0.792. The van der Waals surface area contributed by atoms with Crippen LogP contribution in [-0.2, 0) is 4.79 Å². The summed E-state index contributed by atoms with van der Waals surface area (Å²) in [7, 11) is 1.60. The van der Waals surface area contributed by atoms with Gasteiger partial charge in [0.15, 0.2) is 0 Å². The lowest BCUT2D eigenvalue weighted by atomic mass is 10.2. The molecule has 1 N–H and O–H groups in total. The number of benzene rings is 2. The first-order valence-corrected chi connectivity index (χ1v) is 7.58. The molecule has 2 aromatic carbocycles. The molecule has 0 fully saturated rings. The number of halogens is 1. The lowest BCUT2D eigenvalue weighted by Gasteiger charge is -2.14. The molecular weight excluding hydrogens is 309 g/mol.